The number of ether oxygens (including phenoxy) is 2. The molecule has 2 amide bonds. The molecule has 7 nitrogen and oxygen atoms in total. The fraction of sp³-hybridized carbons (Fsp3) is 0.818. The third kappa shape index (κ3) is 4.15. The number of nitrogens with zero attached hydrogens (tertiary/aromatic N) is 1. The molecular weight excluding hydrogens is 240 g/mol. The second-order valence-corrected chi connectivity index (χ2v) is 4.21. The molecule has 2 N–H and O–H groups in total. The minimum Gasteiger partial charge on any atom is -0.480 e. The number of urea groups is 1. The van der Waals surface area contributed by atoms with Crippen LogP contribution in [0.2, 0.25) is 0 Å². The lowest BCUT2D eigenvalue weighted by molar-refractivity contribution is -0.139. The molecule has 2 unspecified atom stereocenters. The molecule has 0 aromatic carbocycles. The molecular formula is C11H20N2O5. The number of amides is 2. The average molecular weight is 260 g/mol. The van der Waals surface area contributed by atoms with Gasteiger partial charge in [0.05, 0.1) is 6.10 Å². The smallest absolute Gasteiger partial charge is 0.326 e. The maximum Gasteiger partial charge on any atom is 0.326 e. The molecule has 0 spiro atoms. The Morgan fingerprint density at radius 3 is 2.72 bits per heavy atom. The Morgan fingerprint density at radius 2 is 2.22 bits per heavy atom. The molecule has 2 atom stereocenters. The van der Waals surface area contributed by atoms with Gasteiger partial charge in [0.15, 0.2) is 0 Å². The molecule has 1 saturated heterocycles. The van der Waals surface area contributed by atoms with Gasteiger partial charge in [-0.25, -0.2) is 9.59 Å². The highest BCUT2D eigenvalue weighted by molar-refractivity contribution is 5.82. The topological polar surface area (TPSA) is 88.1 Å². The van der Waals surface area contributed by atoms with Crippen molar-refractivity contribution in [3.63, 3.8) is 0 Å². The molecule has 0 aromatic heterocycles. The number of carbonyl (C=O) groups excluding carboxylic acids is 1. The lowest BCUT2D eigenvalue weighted by atomic mass is 10.2. The molecule has 1 heterocycles. The predicted octanol–water partition coefficient (Wildman–Crippen LogP) is -0.0936. The molecule has 1 rings (SSSR count). The van der Waals surface area contributed by atoms with Crippen LogP contribution in [0.5, 0.6) is 0 Å². The van der Waals surface area contributed by atoms with E-state index in [9.17, 15) is 9.59 Å². The number of hydrogen-bond acceptors (Lipinski definition) is 4. The first-order valence-electron chi connectivity index (χ1n) is 5.88. The number of likely N-dealkylation sites (tertiary alicyclic amines) is 1. The van der Waals surface area contributed by atoms with Gasteiger partial charge in [-0.1, -0.05) is 0 Å². The van der Waals surface area contributed by atoms with Gasteiger partial charge in [-0.15, -0.1) is 0 Å². The molecule has 0 saturated carbocycles. The molecule has 18 heavy (non-hydrogen) atoms. The second kappa shape index (κ2) is 7.17. The Labute approximate surface area is 106 Å². The molecule has 104 valence electrons. The number of aliphatic carboxylic acids is 1. The number of carboxylic acid groups (broad SMARTS) is 1. The van der Waals surface area contributed by atoms with Crippen molar-refractivity contribution in [1.82, 2.24) is 10.2 Å². The van der Waals surface area contributed by atoms with Gasteiger partial charge < -0.3 is 24.8 Å². The minimum absolute atomic E-state index is 0.0398. The van der Waals surface area contributed by atoms with Crippen LogP contribution < -0.4 is 5.32 Å². The van der Waals surface area contributed by atoms with Crippen molar-refractivity contribution in [2.75, 3.05) is 33.9 Å². The van der Waals surface area contributed by atoms with Crippen LogP contribution in [0.25, 0.3) is 0 Å². The lowest BCUT2D eigenvalue weighted by Gasteiger charge is -2.20. The van der Waals surface area contributed by atoms with E-state index in [1.54, 1.807) is 12.0 Å². The summed E-state index contributed by atoms with van der Waals surface area (Å²) < 4.78 is 9.97. The van der Waals surface area contributed by atoms with E-state index in [1.807, 2.05) is 0 Å². The fourth-order valence-corrected chi connectivity index (χ4v) is 1.84. The Morgan fingerprint density at radius 1 is 1.50 bits per heavy atom. The van der Waals surface area contributed by atoms with E-state index in [2.05, 4.69) is 5.32 Å². The van der Waals surface area contributed by atoms with E-state index in [-0.39, 0.29) is 25.2 Å². The summed E-state index contributed by atoms with van der Waals surface area (Å²) in [4.78, 5) is 24.4. The number of carbonyl (C=O) groups is 2. The van der Waals surface area contributed by atoms with E-state index < -0.39 is 12.0 Å². The zero-order chi connectivity index (χ0) is 13.5. The zero-order valence-electron chi connectivity index (χ0n) is 10.7. The Kier molecular flexibility index (Phi) is 5.87. The van der Waals surface area contributed by atoms with Crippen LogP contribution in [0.3, 0.4) is 0 Å². The first-order valence-corrected chi connectivity index (χ1v) is 5.88. The highest BCUT2D eigenvalue weighted by Crippen LogP contribution is 2.12. The van der Waals surface area contributed by atoms with Crippen molar-refractivity contribution in [3.8, 4) is 0 Å². The normalized spacial score (nSPS) is 20.8. The van der Waals surface area contributed by atoms with Crippen LogP contribution in [0, 0.1) is 0 Å². The van der Waals surface area contributed by atoms with Crippen molar-refractivity contribution in [2.45, 2.75) is 25.0 Å². The summed E-state index contributed by atoms with van der Waals surface area (Å²) in [7, 11) is 3.09. The summed E-state index contributed by atoms with van der Waals surface area (Å²) in [5.41, 5.74) is 0. The summed E-state index contributed by atoms with van der Waals surface area (Å²) in [6, 6.07) is -1.28. The maximum absolute atomic E-state index is 11.8. The van der Waals surface area contributed by atoms with Crippen LogP contribution in [-0.4, -0.2) is 68.1 Å². The zero-order valence-corrected chi connectivity index (χ0v) is 10.7. The second-order valence-electron chi connectivity index (χ2n) is 4.21. The van der Waals surface area contributed by atoms with Gasteiger partial charge in [-0.2, -0.15) is 0 Å². The quantitative estimate of drug-likeness (QED) is 0.696. The van der Waals surface area contributed by atoms with Gasteiger partial charge in [0.25, 0.3) is 0 Å². The number of rotatable bonds is 6. The van der Waals surface area contributed by atoms with E-state index in [1.165, 1.54) is 7.11 Å². The number of nitrogens with one attached hydrogen (secondary N) is 1. The summed E-state index contributed by atoms with van der Waals surface area (Å²) in [5, 5.41) is 11.5. The number of hydrogen-bond donors (Lipinski definition) is 2. The van der Waals surface area contributed by atoms with E-state index in [0.717, 1.165) is 6.42 Å². The Hall–Kier alpha value is -1.34. The summed E-state index contributed by atoms with van der Waals surface area (Å²) in [5.74, 6) is -1.05. The van der Waals surface area contributed by atoms with Crippen molar-refractivity contribution < 1.29 is 24.2 Å². The average Bonchev–Trinajstić information content (AvgIpc) is 2.82. The lowest BCUT2D eigenvalue weighted by Crippen LogP contribution is -2.47. The molecule has 0 aromatic rings. The predicted molar refractivity (Wildman–Crippen MR) is 63.4 cm³/mol. The van der Waals surface area contributed by atoms with Crippen molar-refractivity contribution in [1.29, 1.82) is 0 Å². The third-order valence-electron chi connectivity index (χ3n) is 2.97. The minimum atomic E-state index is -1.05. The van der Waals surface area contributed by atoms with Crippen LogP contribution in [-0.2, 0) is 14.3 Å². The number of carboxylic acids is 1. The van der Waals surface area contributed by atoms with Gasteiger partial charge >= 0.3 is 12.0 Å². The summed E-state index contributed by atoms with van der Waals surface area (Å²) in [6.45, 7) is 1.37. The standard InChI is InChI=1S/C11H20N2O5/c1-17-6-4-9(10(14)15)12-11(16)13-5-3-8(7-13)18-2/h8-9H,3-7H2,1-2H3,(H,12,16)(H,14,15). The van der Waals surface area contributed by atoms with E-state index in [0.29, 0.717) is 13.1 Å². The fourth-order valence-electron chi connectivity index (χ4n) is 1.84. The molecule has 1 aliphatic rings. The van der Waals surface area contributed by atoms with E-state index in [4.69, 9.17) is 14.6 Å². The van der Waals surface area contributed by atoms with Crippen molar-refractivity contribution >= 4 is 12.0 Å². The van der Waals surface area contributed by atoms with Crippen molar-refractivity contribution in [3.05, 3.63) is 0 Å². The monoisotopic (exact) mass is 260 g/mol. The molecule has 0 bridgehead atoms. The largest absolute Gasteiger partial charge is 0.480 e. The van der Waals surface area contributed by atoms with Crippen LogP contribution in [0.4, 0.5) is 4.79 Å². The molecule has 0 aliphatic carbocycles. The molecule has 7 heteroatoms. The molecule has 1 fully saturated rings. The number of methoxy groups -OCH3 is 2. The molecule has 1 aliphatic heterocycles. The van der Waals surface area contributed by atoms with Gasteiger partial charge in [0.2, 0.25) is 0 Å². The Bertz CT molecular complexity index is 297. The van der Waals surface area contributed by atoms with Crippen molar-refractivity contribution in [2.24, 2.45) is 0 Å². The maximum atomic E-state index is 11.8. The highest BCUT2D eigenvalue weighted by Gasteiger charge is 2.28. The first kappa shape index (κ1) is 14.7. The molecule has 0 radical (unpaired) electrons. The van der Waals surface area contributed by atoms with E-state index >= 15 is 0 Å². The van der Waals surface area contributed by atoms with Gasteiger partial charge in [0.1, 0.15) is 6.04 Å². The SMILES string of the molecule is COCCC(NC(=O)N1CCC(OC)C1)C(=O)O. The van der Waals surface area contributed by atoms with Crippen LogP contribution in [0.1, 0.15) is 12.8 Å². The first-order chi connectivity index (χ1) is 8.58. The third-order valence-corrected chi connectivity index (χ3v) is 2.97. The van der Waals surface area contributed by atoms with Gasteiger partial charge in [-0.05, 0) is 6.42 Å². The highest BCUT2D eigenvalue weighted by atomic mass is 16.5. The van der Waals surface area contributed by atoms with Gasteiger partial charge in [0, 0.05) is 40.3 Å². The summed E-state index contributed by atoms with van der Waals surface area (Å²) >= 11 is 0. The van der Waals surface area contributed by atoms with Crippen LogP contribution >= 0.6 is 0 Å². The van der Waals surface area contributed by atoms with Crippen LogP contribution in [0.15, 0.2) is 0 Å². The Balaban J connectivity index is 2.43. The summed E-state index contributed by atoms with van der Waals surface area (Å²) in [6.07, 6.45) is 1.07. The van der Waals surface area contributed by atoms with Gasteiger partial charge in [-0.3, -0.25) is 0 Å².